The van der Waals surface area contributed by atoms with Gasteiger partial charge in [-0.3, -0.25) is 5.10 Å². The number of hydrogen-bond donors (Lipinski definition) is 2. The summed E-state index contributed by atoms with van der Waals surface area (Å²) in [5, 5.41) is 10.3. The summed E-state index contributed by atoms with van der Waals surface area (Å²) in [6.07, 6.45) is -3.08. The third-order valence-electron chi connectivity index (χ3n) is 1.98. The molecule has 5 nitrogen and oxygen atoms in total. The van der Waals surface area contributed by atoms with E-state index in [1.807, 2.05) is 0 Å². The number of rotatable bonds is 3. The van der Waals surface area contributed by atoms with E-state index in [0.717, 1.165) is 16.7 Å². The highest BCUT2D eigenvalue weighted by Crippen LogP contribution is 2.32. The van der Waals surface area contributed by atoms with Gasteiger partial charge >= 0.3 is 6.18 Å². The second-order valence-electron chi connectivity index (χ2n) is 3.27. The number of thiazole rings is 1. The Labute approximate surface area is 98.1 Å². The van der Waals surface area contributed by atoms with Crippen molar-refractivity contribution in [1.82, 2.24) is 20.2 Å². The van der Waals surface area contributed by atoms with Crippen LogP contribution in [0.25, 0.3) is 0 Å². The molecule has 0 bridgehead atoms. The first-order chi connectivity index (χ1) is 7.97. The van der Waals surface area contributed by atoms with E-state index in [0.29, 0.717) is 5.82 Å². The molecule has 0 saturated carbocycles. The highest BCUT2D eigenvalue weighted by atomic mass is 32.1. The van der Waals surface area contributed by atoms with E-state index in [1.54, 1.807) is 6.92 Å². The summed E-state index contributed by atoms with van der Waals surface area (Å²) in [6, 6.07) is -0.287. The van der Waals surface area contributed by atoms with Crippen molar-refractivity contribution in [2.24, 2.45) is 0 Å². The van der Waals surface area contributed by atoms with Crippen molar-refractivity contribution in [2.45, 2.75) is 19.1 Å². The molecule has 0 aliphatic carbocycles. The van der Waals surface area contributed by atoms with Crippen molar-refractivity contribution in [1.29, 1.82) is 0 Å². The van der Waals surface area contributed by atoms with Gasteiger partial charge in [0.05, 0.1) is 6.04 Å². The molecule has 0 amide bonds. The molecule has 0 fully saturated rings. The van der Waals surface area contributed by atoms with E-state index in [-0.39, 0.29) is 11.2 Å². The maximum Gasteiger partial charge on any atom is 0.434 e. The molecule has 2 N–H and O–H groups in total. The predicted molar refractivity (Wildman–Crippen MR) is 55.5 cm³/mol. The number of nitrogens with one attached hydrogen (secondary N) is 2. The summed E-state index contributed by atoms with van der Waals surface area (Å²) in [5.74, 6) is 0.536. The van der Waals surface area contributed by atoms with Crippen LogP contribution in [0.5, 0.6) is 0 Å². The number of nitrogens with zero attached hydrogens (tertiary/aromatic N) is 3. The van der Waals surface area contributed by atoms with Gasteiger partial charge in [0.15, 0.2) is 10.8 Å². The lowest BCUT2D eigenvalue weighted by molar-refractivity contribution is -0.140. The van der Waals surface area contributed by atoms with Gasteiger partial charge in [-0.1, -0.05) is 0 Å². The molecule has 9 heteroatoms. The van der Waals surface area contributed by atoms with Crippen molar-refractivity contribution in [3.05, 3.63) is 23.2 Å². The Morgan fingerprint density at radius 3 is 2.76 bits per heavy atom. The summed E-state index contributed by atoms with van der Waals surface area (Å²) >= 11 is 0.898. The van der Waals surface area contributed by atoms with E-state index in [4.69, 9.17) is 0 Å². The van der Waals surface area contributed by atoms with Crippen LogP contribution in [0.15, 0.2) is 11.7 Å². The lowest BCUT2D eigenvalue weighted by Gasteiger charge is -2.08. The Hall–Kier alpha value is -1.64. The number of alkyl halides is 3. The topological polar surface area (TPSA) is 66.5 Å². The van der Waals surface area contributed by atoms with Gasteiger partial charge in [0.1, 0.15) is 12.2 Å². The van der Waals surface area contributed by atoms with Crippen molar-refractivity contribution in [3.8, 4) is 0 Å². The van der Waals surface area contributed by atoms with Gasteiger partial charge < -0.3 is 5.32 Å². The van der Waals surface area contributed by atoms with E-state index < -0.39 is 11.9 Å². The SMILES string of the molecule is CC(Nc1nc(C(F)(F)F)cs1)c1ncn[nH]1. The summed E-state index contributed by atoms with van der Waals surface area (Å²) in [7, 11) is 0. The van der Waals surface area contributed by atoms with E-state index in [9.17, 15) is 13.2 Å². The predicted octanol–water partition coefficient (Wildman–Crippen LogP) is 2.45. The fourth-order valence-electron chi connectivity index (χ4n) is 1.15. The molecule has 0 aliphatic rings. The highest BCUT2D eigenvalue weighted by Gasteiger charge is 2.33. The minimum absolute atomic E-state index is 0.196. The Morgan fingerprint density at radius 2 is 2.24 bits per heavy atom. The van der Waals surface area contributed by atoms with Gasteiger partial charge in [-0.2, -0.15) is 18.3 Å². The second-order valence-corrected chi connectivity index (χ2v) is 4.13. The Morgan fingerprint density at radius 1 is 1.47 bits per heavy atom. The zero-order valence-electron chi connectivity index (χ0n) is 8.62. The Bertz CT molecular complexity index is 478. The van der Waals surface area contributed by atoms with Crippen LogP contribution in [0.2, 0.25) is 0 Å². The van der Waals surface area contributed by atoms with Crippen LogP contribution in [0.3, 0.4) is 0 Å². The number of halogens is 3. The number of H-pyrrole nitrogens is 1. The molecule has 0 spiro atoms. The first-order valence-electron chi connectivity index (χ1n) is 4.61. The molecule has 0 aromatic carbocycles. The van der Waals surface area contributed by atoms with Gasteiger partial charge in [-0.05, 0) is 6.92 Å². The van der Waals surface area contributed by atoms with Crippen LogP contribution >= 0.6 is 11.3 Å². The van der Waals surface area contributed by atoms with Gasteiger partial charge in [-0.15, -0.1) is 11.3 Å². The fourth-order valence-corrected chi connectivity index (χ4v) is 1.95. The van der Waals surface area contributed by atoms with Crippen LogP contribution in [0.4, 0.5) is 18.3 Å². The van der Waals surface area contributed by atoms with Crippen molar-refractivity contribution in [2.75, 3.05) is 5.32 Å². The maximum absolute atomic E-state index is 12.3. The molecule has 2 rings (SSSR count). The van der Waals surface area contributed by atoms with E-state index in [1.165, 1.54) is 6.33 Å². The molecule has 0 aliphatic heterocycles. The molecule has 1 atom stereocenters. The summed E-state index contributed by atoms with van der Waals surface area (Å²) in [6.45, 7) is 1.75. The zero-order valence-corrected chi connectivity index (χ0v) is 9.43. The van der Waals surface area contributed by atoms with Crippen LogP contribution in [0.1, 0.15) is 24.5 Å². The van der Waals surface area contributed by atoms with Gasteiger partial charge in [-0.25, -0.2) is 9.97 Å². The van der Waals surface area contributed by atoms with Gasteiger partial charge in [0.2, 0.25) is 0 Å². The van der Waals surface area contributed by atoms with Crippen LogP contribution in [-0.4, -0.2) is 20.2 Å². The molecule has 2 heterocycles. The van der Waals surface area contributed by atoms with Crippen molar-refractivity contribution >= 4 is 16.5 Å². The molecule has 92 valence electrons. The van der Waals surface area contributed by atoms with E-state index in [2.05, 4.69) is 25.5 Å². The lowest BCUT2D eigenvalue weighted by atomic mass is 10.3. The maximum atomic E-state index is 12.3. The second kappa shape index (κ2) is 4.32. The first-order valence-corrected chi connectivity index (χ1v) is 5.49. The summed E-state index contributed by atoms with van der Waals surface area (Å²) in [5.41, 5.74) is -0.894. The standard InChI is InChI=1S/C8H8F3N5S/c1-4(6-12-3-13-16-6)14-7-15-5(2-17-7)8(9,10)11/h2-4H,1H3,(H,14,15)(H,12,13,16). The van der Waals surface area contributed by atoms with Crippen molar-refractivity contribution < 1.29 is 13.2 Å². The summed E-state index contributed by atoms with van der Waals surface area (Å²) in [4.78, 5) is 7.35. The fraction of sp³-hybridized carbons (Fsp3) is 0.375. The number of hydrogen-bond acceptors (Lipinski definition) is 5. The van der Waals surface area contributed by atoms with E-state index >= 15 is 0 Å². The molecule has 2 aromatic rings. The molecular formula is C8H8F3N5S. The minimum atomic E-state index is -4.41. The smallest absolute Gasteiger partial charge is 0.352 e. The number of aromatic amines is 1. The molecule has 17 heavy (non-hydrogen) atoms. The van der Waals surface area contributed by atoms with Gasteiger partial charge in [0.25, 0.3) is 0 Å². The zero-order chi connectivity index (χ0) is 12.5. The molecule has 2 aromatic heterocycles. The lowest BCUT2D eigenvalue weighted by Crippen LogP contribution is -2.09. The first kappa shape index (κ1) is 11.8. The minimum Gasteiger partial charge on any atom is -0.352 e. The molecule has 0 saturated heterocycles. The van der Waals surface area contributed by atoms with Crippen LogP contribution < -0.4 is 5.32 Å². The third-order valence-corrected chi connectivity index (χ3v) is 2.75. The van der Waals surface area contributed by atoms with Crippen molar-refractivity contribution in [3.63, 3.8) is 0 Å². The summed E-state index contributed by atoms with van der Waals surface area (Å²) < 4.78 is 36.9. The Kier molecular flexibility index (Phi) is 3.01. The highest BCUT2D eigenvalue weighted by molar-refractivity contribution is 7.13. The van der Waals surface area contributed by atoms with Crippen LogP contribution in [0, 0.1) is 0 Å². The number of aromatic nitrogens is 4. The normalized spacial score (nSPS) is 13.6. The molecular weight excluding hydrogens is 255 g/mol. The average Bonchev–Trinajstić information content (AvgIpc) is 2.85. The molecule has 0 radical (unpaired) electrons. The number of anilines is 1. The largest absolute Gasteiger partial charge is 0.434 e. The third kappa shape index (κ3) is 2.73. The molecule has 1 unspecified atom stereocenters. The van der Waals surface area contributed by atoms with Gasteiger partial charge in [0, 0.05) is 5.38 Å². The Balaban J connectivity index is 2.07. The van der Waals surface area contributed by atoms with Crippen LogP contribution in [-0.2, 0) is 6.18 Å². The average molecular weight is 263 g/mol. The monoisotopic (exact) mass is 263 g/mol. The quantitative estimate of drug-likeness (QED) is 0.892.